The number of hydrogen-bond donors (Lipinski definition) is 0. The SMILES string of the molecule is COC(=O)OCC(C)C.COc1cc2c(c(OC)c1OC)-c1ccc(OC)c(=O)cc1CC2. The van der Waals surface area contributed by atoms with Crippen LogP contribution in [0.3, 0.4) is 0 Å². The first-order valence-corrected chi connectivity index (χ1v) is 10.5. The number of benzene rings is 1. The molecule has 0 atom stereocenters. The molecule has 0 radical (unpaired) electrons. The summed E-state index contributed by atoms with van der Waals surface area (Å²) in [6.07, 6.45) is 0.961. The van der Waals surface area contributed by atoms with E-state index in [1.54, 1.807) is 33.5 Å². The fourth-order valence-electron chi connectivity index (χ4n) is 3.54. The highest BCUT2D eigenvalue weighted by atomic mass is 16.7. The summed E-state index contributed by atoms with van der Waals surface area (Å²) in [6.45, 7) is 4.35. The average molecular weight is 461 g/mol. The summed E-state index contributed by atoms with van der Waals surface area (Å²) in [6, 6.07) is 7.23. The number of fused-ring (bicyclic) bond motifs is 3. The molecule has 33 heavy (non-hydrogen) atoms. The van der Waals surface area contributed by atoms with Gasteiger partial charge in [-0.2, -0.15) is 0 Å². The van der Waals surface area contributed by atoms with E-state index in [1.165, 1.54) is 14.2 Å². The second-order valence-electron chi connectivity index (χ2n) is 7.69. The van der Waals surface area contributed by atoms with Gasteiger partial charge in [0.05, 0.1) is 42.2 Å². The van der Waals surface area contributed by atoms with Crippen molar-refractivity contribution in [2.75, 3.05) is 42.2 Å². The number of hydrogen-bond acceptors (Lipinski definition) is 8. The van der Waals surface area contributed by atoms with Gasteiger partial charge in [0.25, 0.3) is 0 Å². The Morgan fingerprint density at radius 1 is 0.848 bits per heavy atom. The van der Waals surface area contributed by atoms with Crippen molar-refractivity contribution in [1.82, 2.24) is 0 Å². The number of carbonyl (C=O) groups is 1. The first kappa shape index (κ1) is 25.8. The number of carbonyl (C=O) groups excluding carboxylic acids is 1. The van der Waals surface area contributed by atoms with Crippen LogP contribution in [0.1, 0.15) is 25.0 Å². The van der Waals surface area contributed by atoms with Gasteiger partial charge in [0.1, 0.15) is 0 Å². The monoisotopic (exact) mass is 460 g/mol. The molecule has 0 saturated carbocycles. The normalized spacial score (nSPS) is 11.3. The third-order valence-electron chi connectivity index (χ3n) is 5.06. The van der Waals surface area contributed by atoms with Gasteiger partial charge in [-0.05, 0) is 53.6 Å². The van der Waals surface area contributed by atoms with Crippen LogP contribution in [0.15, 0.2) is 29.1 Å². The lowest BCUT2D eigenvalue weighted by molar-refractivity contribution is 0.0638. The maximum absolute atomic E-state index is 12.2. The summed E-state index contributed by atoms with van der Waals surface area (Å²) in [5.74, 6) is 2.49. The zero-order valence-corrected chi connectivity index (χ0v) is 20.3. The molecule has 180 valence electrons. The Balaban J connectivity index is 0.000000365. The van der Waals surface area contributed by atoms with Crippen LogP contribution >= 0.6 is 0 Å². The lowest BCUT2D eigenvalue weighted by Gasteiger charge is -2.24. The first-order valence-electron chi connectivity index (χ1n) is 10.5. The Morgan fingerprint density at radius 3 is 2.03 bits per heavy atom. The molecular weight excluding hydrogens is 428 g/mol. The Labute approximate surface area is 194 Å². The first-order chi connectivity index (χ1) is 15.8. The van der Waals surface area contributed by atoms with Crippen molar-refractivity contribution >= 4 is 6.16 Å². The fourth-order valence-corrected chi connectivity index (χ4v) is 3.54. The van der Waals surface area contributed by atoms with Crippen molar-refractivity contribution in [3.63, 3.8) is 0 Å². The Morgan fingerprint density at radius 2 is 1.48 bits per heavy atom. The van der Waals surface area contributed by atoms with E-state index in [1.807, 2.05) is 26.0 Å². The van der Waals surface area contributed by atoms with Gasteiger partial charge in [0, 0.05) is 5.56 Å². The highest BCUT2D eigenvalue weighted by molar-refractivity contribution is 5.83. The number of methoxy groups -OCH3 is 5. The number of aryl methyl sites for hydroxylation is 2. The van der Waals surface area contributed by atoms with E-state index in [9.17, 15) is 9.59 Å². The van der Waals surface area contributed by atoms with E-state index < -0.39 is 6.16 Å². The quantitative estimate of drug-likeness (QED) is 0.591. The summed E-state index contributed by atoms with van der Waals surface area (Å²) < 4.78 is 30.6. The molecule has 0 spiro atoms. The molecule has 2 aromatic rings. The highest BCUT2D eigenvalue weighted by Gasteiger charge is 2.26. The zero-order valence-electron chi connectivity index (χ0n) is 20.3. The van der Waals surface area contributed by atoms with Gasteiger partial charge >= 0.3 is 6.16 Å². The molecule has 0 aromatic heterocycles. The zero-order chi connectivity index (χ0) is 24.5. The van der Waals surface area contributed by atoms with Crippen molar-refractivity contribution in [2.24, 2.45) is 5.92 Å². The van der Waals surface area contributed by atoms with Gasteiger partial charge in [-0.3, -0.25) is 4.79 Å². The van der Waals surface area contributed by atoms with Crippen LogP contribution in [0.2, 0.25) is 0 Å². The minimum Gasteiger partial charge on any atom is -0.493 e. The Hall–Kier alpha value is -3.42. The van der Waals surface area contributed by atoms with Crippen LogP contribution in [0.4, 0.5) is 4.79 Å². The fraction of sp³-hybridized carbons (Fsp3) is 0.440. The summed E-state index contributed by atoms with van der Waals surface area (Å²) in [5.41, 5.74) is 3.85. The van der Waals surface area contributed by atoms with Crippen molar-refractivity contribution in [3.8, 4) is 34.1 Å². The molecule has 3 rings (SSSR count). The lowest BCUT2D eigenvalue weighted by atomic mass is 9.85. The third-order valence-corrected chi connectivity index (χ3v) is 5.06. The molecular formula is C25H32O8. The summed E-state index contributed by atoms with van der Waals surface area (Å²) in [5, 5.41) is 0. The van der Waals surface area contributed by atoms with Crippen LogP contribution in [0.5, 0.6) is 23.0 Å². The second-order valence-corrected chi connectivity index (χ2v) is 7.69. The van der Waals surface area contributed by atoms with Gasteiger partial charge in [-0.1, -0.05) is 19.9 Å². The molecule has 8 heteroatoms. The molecule has 0 fully saturated rings. The summed E-state index contributed by atoms with van der Waals surface area (Å²) >= 11 is 0. The minimum atomic E-state index is -0.608. The van der Waals surface area contributed by atoms with Gasteiger partial charge in [-0.15, -0.1) is 0 Å². The Bertz CT molecular complexity index is 1030. The summed E-state index contributed by atoms with van der Waals surface area (Å²) in [4.78, 5) is 22.5. The predicted octanol–water partition coefficient (Wildman–Crippen LogP) is 4.27. The maximum atomic E-state index is 12.2. The molecule has 0 unspecified atom stereocenters. The van der Waals surface area contributed by atoms with E-state index in [0.29, 0.717) is 35.5 Å². The highest BCUT2D eigenvalue weighted by Crippen LogP contribution is 2.49. The van der Waals surface area contributed by atoms with E-state index in [0.717, 1.165) is 35.1 Å². The van der Waals surface area contributed by atoms with Crippen LogP contribution < -0.4 is 24.4 Å². The van der Waals surface area contributed by atoms with Crippen molar-refractivity contribution < 1.29 is 33.2 Å². The van der Waals surface area contributed by atoms with E-state index in [4.69, 9.17) is 18.9 Å². The average Bonchev–Trinajstić information content (AvgIpc) is 2.98. The van der Waals surface area contributed by atoms with E-state index in [2.05, 4.69) is 9.47 Å². The van der Waals surface area contributed by atoms with Gasteiger partial charge in [0.2, 0.25) is 11.2 Å². The molecule has 0 amide bonds. The lowest BCUT2D eigenvalue weighted by Crippen LogP contribution is -2.09. The van der Waals surface area contributed by atoms with Crippen molar-refractivity contribution in [2.45, 2.75) is 26.7 Å². The van der Waals surface area contributed by atoms with Crippen LogP contribution in [0, 0.1) is 5.92 Å². The minimum absolute atomic E-state index is 0.123. The van der Waals surface area contributed by atoms with Gasteiger partial charge < -0.3 is 28.4 Å². The van der Waals surface area contributed by atoms with Crippen molar-refractivity contribution in [3.05, 3.63) is 45.6 Å². The molecule has 2 aromatic carbocycles. The molecule has 0 aliphatic heterocycles. The molecule has 0 bridgehead atoms. The van der Waals surface area contributed by atoms with E-state index in [-0.39, 0.29) is 5.43 Å². The topological polar surface area (TPSA) is 89.5 Å². The molecule has 8 nitrogen and oxygen atoms in total. The molecule has 1 aliphatic rings. The summed E-state index contributed by atoms with van der Waals surface area (Å²) in [7, 11) is 7.59. The van der Waals surface area contributed by atoms with Crippen LogP contribution in [0.25, 0.3) is 11.1 Å². The van der Waals surface area contributed by atoms with Gasteiger partial charge in [-0.25, -0.2) is 4.79 Å². The smallest absolute Gasteiger partial charge is 0.493 e. The third kappa shape index (κ3) is 6.09. The molecule has 1 aliphatic carbocycles. The maximum Gasteiger partial charge on any atom is 0.507 e. The van der Waals surface area contributed by atoms with Crippen LogP contribution in [-0.2, 0) is 22.3 Å². The van der Waals surface area contributed by atoms with E-state index >= 15 is 0 Å². The van der Waals surface area contributed by atoms with Crippen molar-refractivity contribution in [1.29, 1.82) is 0 Å². The second kappa shape index (κ2) is 12.0. The van der Waals surface area contributed by atoms with Gasteiger partial charge in [0.15, 0.2) is 17.2 Å². The largest absolute Gasteiger partial charge is 0.507 e. The standard InChI is InChI=1S/C19H20O5.C6H12O3/c1-21-15-8-7-13-11(9-14(15)20)5-6-12-10-16(22-2)18(23-3)19(24-4)17(12)13;1-5(2)4-9-6(7)8-3/h7-10H,5-6H2,1-4H3;5H,4H2,1-3H3. The molecule has 0 heterocycles. The Kier molecular flexibility index (Phi) is 9.39. The number of rotatable bonds is 6. The molecule has 0 saturated heterocycles. The van der Waals surface area contributed by atoms with Crippen LogP contribution in [-0.4, -0.2) is 48.3 Å². The number of ether oxygens (including phenoxy) is 6. The predicted molar refractivity (Wildman–Crippen MR) is 125 cm³/mol. The molecule has 0 N–H and O–H groups in total.